The van der Waals surface area contributed by atoms with Crippen molar-refractivity contribution in [2.24, 2.45) is 0 Å². The van der Waals surface area contributed by atoms with Crippen molar-refractivity contribution in [3.05, 3.63) is 35.5 Å². The number of aromatic nitrogens is 1. The quantitative estimate of drug-likeness (QED) is 0.823. The van der Waals surface area contributed by atoms with Crippen molar-refractivity contribution in [1.82, 2.24) is 9.88 Å². The van der Waals surface area contributed by atoms with Gasteiger partial charge in [-0.25, -0.2) is 4.79 Å². The average molecular weight is 328 g/mol. The molecule has 0 fully saturated rings. The van der Waals surface area contributed by atoms with Crippen molar-refractivity contribution in [3.63, 3.8) is 0 Å². The summed E-state index contributed by atoms with van der Waals surface area (Å²) in [6.07, 6.45) is 4.30. The van der Waals surface area contributed by atoms with Crippen LogP contribution in [0.1, 0.15) is 56.8 Å². The van der Waals surface area contributed by atoms with E-state index in [2.05, 4.69) is 11.9 Å². The molecule has 5 nitrogen and oxygen atoms in total. The molecule has 2 atom stereocenters. The molecule has 1 aromatic heterocycles. The number of hydrogen-bond acceptors (Lipinski definition) is 2. The van der Waals surface area contributed by atoms with E-state index in [1.54, 1.807) is 4.90 Å². The summed E-state index contributed by atoms with van der Waals surface area (Å²) in [6.45, 7) is 3.61. The molecule has 1 aromatic carbocycles. The van der Waals surface area contributed by atoms with E-state index in [9.17, 15) is 14.7 Å². The van der Waals surface area contributed by atoms with Crippen molar-refractivity contribution < 1.29 is 14.7 Å². The van der Waals surface area contributed by atoms with E-state index in [1.807, 2.05) is 24.3 Å². The Labute approximate surface area is 141 Å². The molecule has 24 heavy (non-hydrogen) atoms. The van der Waals surface area contributed by atoms with Gasteiger partial charge in [0.15, 0.2) is 0 Å². The Kier molecular flexibility index (Phi) is 4.60. The molecule has 0 radical (unpaired) electrons. The van der Waals surface area contributed by atoms with Gasteiger partial charge in [-0.2, -0.15) is 0 Å². The molecule has 1 amide bonds. The monoisotopic (exact) mass is 328 g/mol. The molecule has 0 bridgehead atoms. The molecule has 2 aromatic rings. The van der Waals surface area contributed by atoms with Crippen molar-refractivity contribution in [2.75, 3.05) is 0 Å². The van der Waals surface area contributed by atoms with E-state index in [0.717, 1.165) is 47.8 Å². The number of carbonyl (C=O) groups is 2. The highest BCUT2D eigenvalue weighted by molar-refractivity contribution is 5.89. The number of carboxylic acids is 1. The maximum Gasteiger partial charge on any atom is 0.326 e. The van der Waals surface area contributed by atoms with Crippen LogP contribution in [0.5, 0.6) is 0 Å². The largest absolute Gasteiger partial charge is 0.480 e. The van der Waals surface area contributed by atoms with Crippen molar-refractivity contribution >= 4 is 22.8 Å². The minimum atomic E-state index is -0.929. The summed E-state index contributed by atoms with van der Waals surface area (Å²) in [7, 11) is 0. The van der Waals surface area contributed by atoms with Crippen LogP contribution in [0.4, 0.5) is 0 Å². The minimum Gasteiger partial charge on any atom is -0.480 e. The fourth-order valence-corrected chi connectivity index (χ4v) is 3.89. The van der Waals surface area contributed by atoms with Crippen LogP contribution in [0.25, 0.3) is 10.9 Å². The van der Waals surface area contributed by atoms with Gasteiger partial charge in [0.1, 0.15) is 6.04 Å². The number of nitrogens with one attached hydrogen (secondary N) is 1. The normalized spacial score (nSPS) is 20.2. The van der Waals surface area contributed by atoms with Gasteiger partial charge in [0.05, 0.1) is 6.04 Å². The summed E-state index contributed by atoms with van der Waals surface area (Å²) in [5.74, 6) is -1.10. The van der Waals surface area contributed by atoms with Gasteiger partial charge in [0.2, 0.25) is 5.91 Å². The first kappa shape index (κ1) is 16.6. The summed E-state index contributed by atoms with van der Waals surface area (Å²) in [6, 6.07) is 6.98. The zero-order valence-electron chi connectivity index (χ0n) is 14.2. The number of para-hydroxylation sites is 1. The number of unbranched alkanes of at least 4 members (excludes halogenated alkanes) is 2. The highest BCUT2D eigenvalue weighted by atomic mass is 16.4. The average Bonchev–Trinajstić information content (AvgIpc) is 2.92. The summed E-state index contributed by atoms with van der Waals surface area (Å²) in [5.41, 5.74) is 3.08. The molecule has 1 aliphatic heterocycles. The zero-order chi connectivity index (χ0) is 17.3. The predicted molar refractivity (Wildman–Crippen MR) is 92.8 cm³/mol. The number of benzene rings is 1. The van der Waals surface area contributed by atoms with Crippen LogP contribution in [-0.2, 0) is 16.0 Å². The number of H-pyrrole nitrogens is 1. The summed E-state index contributed by atoms with van der Waals surface area (Å²) >= 11 is 0. The smallest absolute Gasteiger partial charge is 0.326 e. The number of aliphatic carboxylic acids is 1. The summed E-state index contributed by atoms with van der Waals surface area (Å²) in [5, 5.41) is 10.7. The van der Waals surface area contributed by atoms with E-state index in [4.69, 9.17) is 0 Å². The minimum absolute atomic E-state index is 0.173. The molecule has 128 valence electrons. The Hall–Kier alpha value is -2.30. The molecule has 0 saturated heterocycles. The Morgan fingerprint density at radius 3 is 2.71 bits per heavy atom. The fourth-order valence-electron chi connectivity index (χ4n) is 3.89. The van der Waals surface area contributed by atoms with Gasteiger partial charge in [0.25, 0.3) is 0 Å². The molecule has 0 unspecified atom stereocenters. The van der Waals surface area contributed by atoms with E-state index in [0.29, 0.717) is 6.42 Å². The van der Waals surface area contributed by atoms with Gasteiger partial charge in [0, 0.05) is 29.9 Å². The molecular formula is C19H24N2O3. The molecule has 1 aliphatic rings. The van der Waals surface area contributed by atoms with Crippen LogP contribution in [0.15, 0.2) is 24.3 Å². The van der Waals surface area contributed by atoms with Crippen LogP contribution >= 0.6 is 0 Å². The van der Waals surface area contributed by atoms with Crippen molar-refractivity contribution in [1.29, 1.82) is 0 Å². The predicted octanol–water partition coefficient (Wildman–Crippen LogP) is 3.65. The second-order valence-corrected chi connectivity index (χ2v) is 6.56. The topological polar surface area (TPSA) is 73.4 Å². The molecule has 0 aliphatic carbocycles. The molecule has 0 spiro atoms. The highest BCUT2D eigenvalue weighted by Gasteiger charge is 2.41. The Balaban J connectivity index is 2.10. The van der Waals surface area contributed by atoms with Crippen LogP contribution in [-0.4, -0.2) is 32.9 Å². The molecular weight excluding hydrogens is 304 g/mol. The molecule has 5 heteroatoms. The molecule has 2 N–H and O–H groups in total. The fraction of sp³-hybridized carbons (Fsp3) is 0.474. The van der Waals surface area contributed by atoms with Gasteiger partial charge in [-0.3, -0.25) is 4.79 Å². The van der Waals surface area contributed by atoms with E-state index in [-0.39, 0.29) is 11.9 Å². The van der Waals surface area contributed by atoms with Crippen LogP contribution < -0.4 is 0 Å². The highest BCUT2D eigenvalue weighted by Crippen LogP contribution is 2.39. The maximum atomic E-state index is 12.2. The maximum absolute atomic E-state index is 12.2. The van der Waals surface area contributed by atoms with Gasteiger partial charge < -0.3 is 15.0 Å². The van der Waals surface area contributed by atoms with Gasteiger partial charge in [-0.05, 0) is 18.1 Å². The van der Waals surface area contributed by atoms with Crippen molar-refractivity contribution in [3.8, 4) is 0 Å². The third-order valence-electron chi connectivity index (χ3n) is 4.98. The first-order valence-corrected chi connectivity index (χ1v) is 8.65. The Morgan fingerprint density at radius 1 is 1.29 bits per heavy atom. The number of fused-ring (bicyclic) bond motifs is 3. The molecule has 0 saturated carbocycles. The number of carboxylic acid groups (broad SMARTS) is 1. The lowest BCUT2D eigenvalue weighted by Crippen LogP contribution is -2.50. The van der Waals surface area contributed by atoms with E-state index >= 15 is 0 Å². The third kappa shape index (κ3) is 2.79. The SMILES string of the molecule is CCCCC[C@@H]1c2[nH]c3ccccc3c2C[C@@H](C(=O)O)N1C(C)=O. The lowest BCUT2D eigenvalue weighted by Gasteiger charge is -2.39. The summed E-state index contributed by atoms with van der Waals surface area (Å²) in [4.78, 5) is 29.1. The van der Waals surface area contributed by atoms with Crippen LogP contribution in [0, 0.1) is 0 Å². The van der Waals surface area contributed by atoms with E-state index in [1.165, 1.54) is 6.92 Å². The second kappa shape index (κ2) is 6.67. The third-order valence-corrected chi connectivity index (χ3v) is 4.98. The standard InChI is InChI=1S/C19H24N2O3/c1-3-4-5-10-16-18-14(13-8-6-7-9-15(13)20-18)11-17(19(23)24)21(16)12(2)22/h6-9,16-17,20H,3-5,10-11H2,1-2H3,(H,23,24)/t16-,17+/m1/s1. The molecule has 2 heterocycles. The van der Waals surface area contributed by atoms with Crippen molar-refractivity contribution in [2.45, 2.75) is 58.0 Å². The van der Waals surface area contributed by atoms with E-state index < -0.39 is 12.0 Å². The summed E-state index contributed by atoms with van der Waals surface area (Å²) < 4.78 is 0. The van der Waals surface area contributed by atoms with Crippen LogP contribution in [0.3, 0.4) is 0 Å². The number of nitrogens with zero attached hydrogens (tertiary/aromatic N) is 1. The lowest BCUT2D eigenvalue weighted by atomic mass is 9.89. The first-order chi connectivity index (χ1) is 11.5. The number of amides is 1. The van der Waals surface area contributed by atoms with Gasteiger partial charge in [-0.1, -0.05) is 44.4 Å². The van der Waals surface area contributed by atoms with Gasteiger partial charge in [-0.15, -0.1) is 0 Å². The number of carbonyl (C=O) groups excluding carboxylic acids is 1. The Morgan fingerprint density at radius 2 is 2.04 bits per heavy atom. The van der Waals surface area contributed by atoms with Gasteiger partial charge >= 0.3 is 5.97 Å². The second-order valence-electron chi connectivity index (χ2n) is 6.56. The first-order valence-electron chi connectivity index (χ1n) is 8.65. The lowest BCUT2D eigenvalue weighted by molar-refractivity contribution is -0.152. The van der Waals surface area contributed by atoms with Crippen LogP contribution in [0.2, 0.25) is 0 Å². The zero-order valence-corrected chi connectivity index (χ0v) is 14.2. The molecule has 3 rings (SSSR count). The number of aromatic amines is 1. The number of hydrogen-bond donors (Lipinski definition) is 2. The Bertz CT molecular complexity index is 765. The number of rotatable bonds is 5.